The van der Waals surface area contributed by atoms with Crippen LogP contribution in [0.25, 0.3) is 0 Å². The third-order valence-corrected chi connectivity index (χ3v) is 3.10. The van der Waals surface area contributed by atoms with E-state index in [-0.39, 0.29) is 0 Å². The maximum atomic E-state index is 13.6. The molecule has 0 spiro atoms. The lowest BCUT2D eigenvalue weighted by Gasteiger charge is -2.36. The quantitative estimate of drug-likeness (QED) is 0.305. The lowest BCUT2D eigenvalue weighted by molar-refractivity contribution is -0.295. The lowest BCUT2D eigenvalue weighted by Crippen LogP contribution is -2.57. The molecule has 0 aliphatic heterocycles. The van der Waals surface area contributed by atoms with E-state index in [4.69, 9.17) is 46.4 Å². The van der Waals surface area contributed by atoms with E-state index in [0.717, 1.165) is 0 Å². The molecule has 14 heteroatoms. The van der Waals surface area contributed by atoms with Crippen LogP contribution in [0.1, 0.15) is 12.8 Å². The summed E-state index contributed by atoms with van der Waals surface area (Å²) < 4.78 is 121. The Labute approximate surface area is 142 Å². The molecular formula is C9H4Cl4F10. The molecule has 0 radical (unpaired) electrons. The van der Waals surface area contributed by atoms with E-state index < -0.39 is 51.4 Å². The lowest BCUT2D eigenvalue weighted by atomic mass is 9.91. The van der Waals surface area contributed by atoms with Crippen LogP contribution < -0.4 is 0 Å². The molecule has 0 aliphatic carbocycles. The maximum Gasteiger partial charge on any atom is 0.435 e. The molecule has 1 unspecified atom stereocenters. The fourth-order valence-corrected chi connectivity index (χ4v) is 2.86. The van der Waals surface area contributed by atoms with Crippen molar-refractivity contribution in [1.82, 2.24) is 0 Å². The predicted octanol–water partition coefficient (Wildman–Crippen LogP) is 7.02. The van der Waals surface area contributed by atoms with Gasteiger partial charge in [-0.15, -0.1) is 23.2 Å². The maximum absolute atomic E-state index is 13.6. The van der Waals surface area contributed by atoms with Crippen molar-refractivity contribution in [3.05, 3.63) is 11.9 Å². The molecule has 0 nitrogen and oxygen atoms in total. The van der Waals surface area contributed by atoms with Crippen LogP contribution in [0.2, 0.25) is 0 Å². The summed E-state index contributed by atoms with van der Waals surface area (Å²) in [7, 11) is 0. The van der Waals surface area contributed by atoms with Crippen LogP contribution in [-0.2, 0) is 0 Å². The molecular weight excluding hydrogens is 440 g/mol. The Morgan fingerprint density at radius 3 is 1.35 bits per heavy atom. The highest BCUT2D eigenvalue weighted by atomic mass is 35.5. The van der Waals surface area contributed by atoms with Crippen LogP contribution in [0.3, 0.4) is 0 Å². The van der Waals surface area contributed by atoms with Crippen LogP contribution >= 0.6 is 46.4 Å². The van der Waals surface area contributed by atoms with E-state index in [9.17, 15) is 43.9 Å². The summed E-state index contributed by atoms with van der Waals surface area (Å²) in [5.41, 5.74) is -6.45. The second-order valence-electron chi connectivity index (χ2n) is 4.26. The SMILES string of the molecule is FC(F)=C(F)C(F)(C(F)(F)F)C(F)(F)CC(Cl)(Cl)CC(F)(Cl)Cl. The van der Waals surface area contributed by atoms with Crippen molar-refractivity contribution in [2.24, 2.45) is 0 Å². The summed E-state index contributed by atoms with van der Waals surface area (Å²) in [6.07, 6.45) is -15.1. The predicted molar refractivity (Wildman–Crippen MR) is 64.4 cm³/mol. The van der Waals surface area contributed by atoms with Crippen molar-refractivity contribution < 1.29 is 43.9 Å². The first kappa shape index (κ1) is 23.2. The zero-order valence-corrected chi connectivity index (χ0v) is 13.2. The minimum absolute atomic E-state index is 1.67. The molecule has 0 amide bonds. The summed E-state index contributed by atoms with van der Waals surface area (Å²) >= 11 is 19.6. The molecule has 0 N–H and O–H groups in total. The van der Waals surface area contributed by atoms with Gasteiger partial charge in [0.2, 0.25) is 5.83 Å². The van der Waals surface area contributed by atoms with Crippen LogP contribution in [0.15, 0.2) is 11.9 Å². The third kappa shape index (κ3) is 5.61. The van der Waals surface area contributed by atoms with E-state index >= 15 is 0 Å². The highest BCUT2D eigenvalue weighted by Gasteiger charge is 2.76. The van der Waals surface area contributed by atoms with Gasteiger partial charge in [0.05, 0.1) is 0 Å². The van der Waals surface area contributed by atoms with Crippen molar-refractivity contribution >= 4 is 46.4 Å². The zero-order chi connectivity index (χ0) is 19.1. The monoisotopic (exact) mass is 442 g/mol. The summed E-state index contributed by atoms with van der Waals surface area (Å²) in [5, 5.41) is 0. The molecule has 1 atom stereocenters. The molecule has 0 saturated heterocycles. The zero-order valence-electron chi connectivity index (χ0n) is 10.2. The Bertz CT molecular complexity index is 462. The van der Waals surface area contributed by atoms with Gasteiger partial charge in [0.25, 0.3) is 10.5 Å². The van der Waals surface area contributed by atoms with E-state index in [2.05, 4.69) is 0 Å². The highest BCUT2D eigenvalue weighted by molar-refractivity contribution is 6.51. The van der Waals surface area contributed by atoms with E-state index in [1.54, 1.807) is 0 Å². The fraction of sp³-hybridized carbons (Fsp3) is 0.778. The topological polar surface area (TPSA) is 0 Å². The number of alkyl halides is 11. The van der Waals surface area contributed by atoms with Gasteiger partial charge in [-0.1, -0.05) is 23.2 Å². The molecule has 0 rings (SSSR count). The summed E-state index contributed by atoms with van der Waals surface area (Å²) in [4.78, 5) is 0. The Hall–Kier alpha value is 0.200. The van der Waals surface area contributed by atoms with Gasteiger partial charge in [-0.25, -0.2) is 22.0 Å². The molecule has 23 heavy (non-hydrogen) atoms. The Morgan fingerprint density at radius 2 is 1.09 bits per heavy atom. The van der Waals surface area contributed by atoms with E-state index in [1.165, 1.54) is 0 Å². The van der Waals surface area contributed by atoms with Crippen LogP contribution in [0.5, 0.6) is 0 Å². The average Bonchev–Trinajstić information content (AvgIpc) is 2.19. The second-order valence-corrected chi connectivity index (χ2v) is 7.29. The van der Waals surface area contributed by atoms with Gasteiger partial charge in [-0.3, -0.25) is 0 Å². The van der Waals surface area contributed by atoms with Crippen molar-refractivity contribution in [2.75, 3.05) is 0 Å². The molecule has 0 aromatic carbocycles. The summed E-state index contributed by atoms with van der Waals surface area (Å²) in [6, 6.07) is 0. The van der Waals surface area contributed by atoms with Gasteiger partial charge < -0.3 is 0 Å². The third-order valence-electron chi connectivity index (χ3n) is 2.30. The first-order valence-corrected chi connectivity index (χ1v) is 6.57. The number of halogens is 14. The standard InChI is InChI=1S/C9H4Cl4F10/c10-5(11,2-7(12,13)19)1-6(17,18)8(20,9(21,22)23)3(14)4(15)16/h1-2H2. The van der Waals surface area contributed by atoms with Crippen LogP contribution in [-0.4, -0.2) is 26.7 Å². The number of hydrogen-bond donors (Lipinski definition) is 0. The molecule has 0 heterocycles. The molecule has 0 aromatic heterocycles. The second kappa shape index (κ2) is 6.84. The molecule has 0 saturated carbocycles. The van der Waals surface area contributed by atoms with Gasteiger partial charge in [0.1, 0.15) is 4.33 Å². The highest BCUT2D eigenvalue weighted by Crippen LogP contribution is 2.56. The van der Waals surface area contributed by atoms with Crippen LogP contribution in [0.4, 0.5) is 43.9 Å². The fourth-order valence-electron chi connectivity index (χ4n) is 1.42. The first-order chi connectivity index (χ1) is 9.77. The number of hydrogen-bond acceptors (Lipinski definition) is 0. The minimum atomic E-state index is -6.82. The summed E-state index contributed by atoms with van der Waals surface area (Å²) in [6.45, 7) is 0. The summed E-state index contributed by atoms with van der Waals surface area (Å²) in [5.74, 6) is -10.0. The molecule has 0 aliphatic rings. The Kier molecular flexibility index (Phi) is 6.90. The van der Waals surface area contributed by atoms with E-state index in [1.807, 2.05) is 0 Å². The average molecular weight is 444 g/mol. The Morgan fingerprint density at radius 1 is 0.696 bits per heavy atom. The van der Waals surface area contributed by atoms with Gasteiger partial charge in [-0.2, -0.15) is 22.0 Å². The molecule has 0 bridgehead atoms. The van der Waals surface area contributed by atoms with Gasteiger partial charge in [0, 0.05) is 12.8 Å². The minimum Gasteiger partial charge on any atom is -0.219 e. The van der Waals surface area contributed by atoms with Crippen molar-refractivity contribution in [1.29, 1.82) is 0 Å². The number of allylic oxidation sites excluding steroid dienone is 1. The van der Waals surface area contributed by atoms with Gasteiger partial charge >= 0.3 is 17.9 Å². The smallest absolute Gasteiger partial charge is 0.219 e. The Balaban J connectivity index is 5.96. The van der Waals surface area contributed by atoms with Crippen molar-refractivity contribution in [3.8, 4) is 0 Å². The number of rotatable bonds is 6. The van der Waals surface area contributed by atoms with Gasteiger partial charge in [0.15, 0.2) is 0 Å². The van der Waals surface area contributed by atoms with Crippen molar-refractivity contribution in [2.45, 2.75) is 39.5 Å². The normalized spacial score (nSPS) is 17.0. The van der Waals surface area contributed by atoms with E-state index in [0.29, 0.717) is 0 Å². The first-order valence-electron chi connectivity index (χ1n) is 5.06. The molecule has 0 aromatic rings. The largest absolute Gasteiger partial charge is 0.435 e. The van der Waals surface area contributed by atoms with Crippen LogP contribution in [0, 0.1) is 0 Å². The molecule has 138 valence electrons. The van der Waals surface area contributed by atoms with Gasteiger partial charge in [-0.05, 0) is 0 Å². The molecule has 0 fully saturated rings. The van der Waals surface area contributed by atoms with Crippen molar-refractivity contribution in [3.63, 3.8) is 0 Å².